The summed E-state index contributed by atoms with van der Waals surface area (Å²) >= 11 is 0. The first-order chi connectivity index (χ1) is 16.9. The Labute approximate surface area is 201 Å². The van der Waals surface area contributed by atoms with Crippen molar-refractivity contribution in [1.82, 2.24) is 10.2 Å². The summed E-state index contributed by atoms with van der Waals surface area (Å²) in [5.74, 6) is -0.911. The highest BCUT2D eigenvalue weighted by atomic mass is 19.1. The zero-order valence-corrected chi connectivity index (χ0v) is 19.0. The molecule has 7 nitrogen and oxygen atoms in total. The molecule has 1 fully saturated rings. The Bertz CT molecular complexity index is 1270. The maximum absolute atomic E-state index is 13.1. The van der Waals surface area contributed by atoms with Gasteiger partial charge in [-0.15, -0.1) is 0 Å². The zero-order chi connectivity index (χ0) is 24.8. The van der Waals surface area contributed by atoms with E-state index in [1.54, 1.807) is 30.3 Å². The molecule has 0 unspecified atom stereocenters. The molecular weight excluding hydrogens is 451 g/mol. The Kier molecular flexibility index (Phi) is 7.21. The number of ether oxygens (including phenoxy) is 2. The van der Waals surface area contributed by atoms with Gasteiger partial charge in [-0.3, -0.25) is 19.8 Å². The molecule has 1 N–H and O–H groups in total. The third-order valence-electron chi connectivity index (χ3n) is 5.46. The molecule has 1 aliphatic heterocycles. The van der Waals surface area contributed by atoms with E-state index in [0.717, 1.165) is 16.0 Å². The number of hydrogen-bond acceptors (Lipinski definition) is 5. The van der Waals surface area contributed by atoms with E-state index in [-0.39, 0.29) is 17.9 Å². The van der Waals surface area contributed by atoms with Gasteiger partial charge >= 0.3 is 6.03 Å². The van der Waals surface area contributed by atoms with Crippen LogP contribution in [0.25, 0.3) is 6.08 Å². The average Bonchev–Trinajstić information content (AvgIpc) is 2.87. The number of rotatable bonds is 8. The minimum atomic E-state index is -0.790. The second-order valence-corrected chi connectivity index (χ2v) is 7.84. The first-order valence-electron chi connectivity index (χ1n) is 10.9. The topological polar surface area (TPSA) is 84.9 Å². The molecule has 0 saturated carbocycles. The Hall–Kier alpha value is -4.46. The summed E-state index contributed by atoms with van der Waals surface area (Å²) in [5, 5.41) is 2.20. The van der Waals surface area contributed by atoms with E-state index < -0.39 is 17.8 Å². The number of urea groups is 1. The minimum Gasteiger partial charge on any atom is -0.493 e. The first kappa shape index (κ1) is 23.7. The molecule has 0 spiro atoms. The van der Waals surface area contributed by atoms with Gasteiger partial charge in [-0.1, -0.05) is 48.5 Å². The van der Waals surface area contributed by atoms with Crippen molar-refractivity contribution in [3.63, 3.8) is 0 Å². The largest absolute Gasteiger partial charge is 0.493 e. The third-order valence-corrected chi connectivity index (χ3v) is 5.46. The van der Waals surface area contributed by atoms with Crippen molar-refractivity contribution in [2.75, 3.05) is 13.7 Å². The molecular formula is C27H23FN2O5. The van der Waals surface area contributed by atoms with E-state index in [1.807, 2.05) is 30.3 Å². The quantitative estimate of drug-likeness (QED) is 0.392. The Morgan fingerprint density at radius 1 is 0.914 bits per heavy atom. The number of hydrogen-bond donors (Lipinski definition) is 1. The van der Waals surface area contributed by atoms with Gasteiger partial charge in [0.2, 0.25) is 0 Å². The van der Waals surface area contributed by atoms with Crippen LogP contribution < -0.4 is 14.8 Å². The van der Waals surface area contributed by atoms with Crippen LogP contribution in [0.2, 0.25) is 0 Å². The first-order valence-corrected chi connectivity index (χ1v) is 10.9. The maximum atomic E-state index is 13.1. The van der Waals surface area contributed by atoms with Crippen molar-refractivity contribution in [2.24, 2.45) is 0 Å². The van der Waals surface area contributed by atoms with E-state index in [2.05, 4.69) is 5.32 Å². The van der Waals surface area contributed by atoms with Crippen LogP contribution in [-0.4, -0.2) is 36.4 Å². The molecule has 1 saturated heterocycles. The van der Waals surface area contributed by atoms with Crippen molar-refractivity contribution < 1.29 is 28.2 Å². The molecule has 3 aromatic rings. The summed E-state index contributed by atoms with van der Waals surface area (Å²) in [5.41, 5.74) is 2.10. The molecule has 8 heteroatoms. The average molecular weight is 474 g/mol. The van der Waals surface area contributed by atoms with E-state index in [4.69, 9.17) is 9.47 Å². The van der Waals surface area contributed by atoms with Crippen LogP contribution in [0.15, 0.2) is 78.4 Å². The summed E-state index contributed by atoms with van der Waals surface area (Å²) in [4.78, 5) is 38.6. The number of nitrogens with one attached hydrogen (secondary N) is 1. The number of nitrogens with zero attached hydrogens (tertiary/aromatic N) is 1. The predicted octanol–water partition coefficient (Wildman–Crippen LogP) is 4.12. The van der Waals surface area contributed by atoms with Crippen LogP contribution in [0.3, 0.4) is 0 Å². The second kappa shape index (κ2) is 10.6. The fraction of sp³-hybridized carbons (Fsp3) is 0.148. The number of amides is 4. The number of carbonyl (C=O) groups excluding carboxylic acids is 3. The van der Waals surface area contributed by atoms with Crippen LogP contribution in [0.5, 0.6) is 11.5 Å². The number of barbiturate groups is 1. The van der Waals surface area contributed by atoms with Gasteiger partial charge in [0.1, 0.15) is 18.0 Å². The van der Waals surface area contributed by atoms with Crippen molar-refractivity contribution in [3.05, 3.63) is 101 Å². The molecule has 1 aliphatic rings. The zero-order valence-electron chi connectivity index (χ0n) is 19.0. The molecule has 0 atom stereocenters. The summed E-state index contributed by atoms with van der Waals surface area (Å²) in [6.45, 7) is 0.389. The molecule has 178 valence electrons. The summed E-state index contributed by atoms with van der Waals surface area (Å²) in [6, 6.07) is 19.7. The van der Waals surface area contributed by atoms with E-state index in [1.165, 1.54) is 25.3 Å². The molecule has 0 aromatic heterocycles. The fourth-order valence-electron chi connectivity index (χ4n) is 3.58. The van der Waals surface area contributed by atoms with Crippen molar-refractivity contribution in [1.29, 1.82) is 0 Å². The van der Waals surface area contributed by atoms with E-state index in [9.17, 15) is 18.8 Å². The Morgan fingerprint density at radius 3 is 2.37 bits per heavy atom. The molecule has 0 aliphatic carbocycles. The van der Waals surface area contributed by atoms with E-state index >= 15 is 0 Å². The number of methoxy groups -OCH3 is 1. The van der Waals surface area contributed by atoms with Gasteiger partial charge < -0.3 is 9.47 Å². The molecule has 4 rings (SSSR count). The summed E-state index contributed by atoms with van der Waals surface area (Å²) in [6.07, 6.45) is 1.72. The van der Waals surface area contributed by atoms with Gasteiger partial charge in [-0.25, -0.2) is 9.18 Å². The molecule has 0 radical (unpaired) electrons. The minimum absolute atomic E-state index is 0.0382. The maximum Gasteiger partial charge on any atom is 0.331 e. The normalized spacial score (nSPS) is 14.7. The predicted molar refractivity (Wildman–Crippen MR) is 127 cm³/mol. The lowest BCUT2D eigenvalue weighted by molar-refractivity contribution is -0.130. The molecule has 3 aromatic carbocycles. The lowest BCUT2D eigenvalue weighted by Gasteiger charge is -2.26. The number of carbonyl (C=O) groups is 3. The molecule has 35 heavy (non-hydrogen) atoms. The number of imide groups is 2. The van der Waals surface area contributed by atoms with Gasteiger partial charge in [0, 0.05) is 6.54 Å². The number of benzene rings is 3. The van der Waals surface area contributed by atoms with E-state index in [0.29, 0.717) is 30.1 Å². The lowest BCUT2D eigenvalue weighted by Crippen LogP contribution is -2.54. The Morgan fingerprint density at radius 2 is 1.66 bits per heavy atom. The molecule has 1 heterocycles. The van der Waals surface area contributed by atoms with Crippen LogP contribution in [0.4, 0.5) is 9.18 Å². The van der Waals surface area contributed by atoms with Gasteiger partial charge in [-0.05, 0) is 53.5 Å². The van der Waals surface area contributed by atoms with Crippen LogP contribution >= 0.6 is 0 Å². The van der Waals surface area contributed by atoms with Crippen molar-refractivity contribution in [2.45, 2.75) is 13.0 Å². The van der Waals surface area contributed by atoms with Crippen LogP contribution in [-0.2, 0) is 22.6 Å². The Balaban J connectivity index is 1.50. The number of halogens is 1. The monoisotopic (exact) mass is 474 g/mol. The summed E-state index contributed by atoms with van der Waals surface area (Å²) < 4.78 is 24.4. The fourth-order valence-corrected chi connectivity index (χ4v) is 3.58. The van der Waals surface area contributed by atoms with Crippen LogP contribution in [0.1, 0.15) is 16.7 Å². The third kappa shape index (κ3) is 5.73. The SMILES string of the molecule is COc1cc(C=C2C(=O)NC(=O)N(CCc3ccc(F)cc3)C2=O)ccc1OCc1ccccc1. The van der Waals surface area contributed by atoms with Crippen molar-refractivity contribution >= 4 is 23.9 Å². The second-order valence-electron chi connectivity index (χ2n) is 7.84. The van der Waals surface area contributed by atoms with Crippen LogP contribution in [0, 0.1) is 5.82 Å². The smallest absolute Gasteiger partial charge is 0.331 e. The highest BCUT2D eigenvalue weighted by molar-refractivity contribution is 6.31. The van der Waals surface area contributed by atoms with Gasteiger partial charge in [0.25, 0.3) is 11.8 Å². The van der Waals surface area contributed by atoms with Gasteiger partial charge in [-0.2, -0.15) is 0 Å². The highest BCUT2D eigenvalue weighted by Crippen LogP contribution is 2.30. The standard InChI is InChI=1S/C27H23FN2O5/c1-34-24-16-20(9-12-23(24)35-17-19-5-3-2-4-6-19)15-22-25(31)29-27(33)30(26(22)32)14-13-18-7-10-21(28)11-8-18/h2-12,15-16H,13-14,17H2,1H3,(H,29,31,33). The summed E-state index contributed by atoms with van der Waals surface area (Å²) in [7, 11) is 1.50. The van der Waals surface area contributed by atoms with Crippen molar-refractivity contribution in [3.8, 4) is 11.5 Å². The van der Waals surface area contributed by atoms with Gasteiger partial charge in [0.15, 0.2) is 11.5 Å². The molecule has 4 amide bonds. The molecule has 0 bridgehead atoms. The highest BCUT2D eigenvalue weighted by Gasteiger charge is 2.35. The lowest BCUT2D eigenvalue weighted by atomic mass is 10.1. The van der Waals surface area contributed by atoms with Gasteiger partial charge in [0.05, 0.1) is 7.11 Å².